The molecule has 9 heteroatoms. The minimum atomic E-state index is -1.67. The molecular weight excluding hydrogens is 258 g/mol. The van der Waals surface area contributed by atoms with Gasteiger partial charge in [0.25, 0.3) is 0 Å². The summed E-state index contributed by atoms with van der Waals surface area (Å²) in [4.78, 5) is 34.2. The number of rotatable bonds is 8. The highest BCUT2D eigenvalue weighted by Crippen LogP contribution is 1.86. The highest BCUT2D eigenvalue weighted by atomic mass is 16.5. The summed E-state index contributed by atoms with van der Waals surface area (Å²) in [6.07, 6.45) is -1.67. The molecule has 0 saturated heterocycles. The Bertz CT molecular complexity index is 322. The molecule has 0 aliphatic rings. The monoisotopic (exact) mass is 277 g/mol. The van der Waals surface area contributed by atoms with Crippen LogP contribution in [0.25, 0.3) is 0 Å². The first-order valence-electron chi connectivity index (χ1n) is 5.54. The molecule has 0 heterocycles. The number of aliphatic carboxylic acids is 1. The van der Waals surface area contributed by atoms with Gasteiger partial charge in [-0.2, -0.15) is 0 Å². The predicted molar refractivity (Wildman–Crippen MR) is 64.6 cm³/mol. The van der Waals surface area contributed by atoms with E-state index in [1.807, 2.05) is 0 Å². The van der Waals surface area contributed by atoms with Crippen LogP contribution in [0, 0.1) is 0 Å². The van der Waals surface area contributed by atoms with Gasteiger partial charge in [-0.1, -0.05) is 0 Å². The lowest BCUT2D eigenvalue weighted by Gasteiger charge is -2.18. The van der Waals surface area contributed by atoms with Crippen molar-refractivity contribution in [1.82, 2.24) is 15.5 Å². The number of hydrogen-bond acceptors (Lipinski definition) is 5. The van der Waals surface area contributed by atoms with Crippen molar-refractivity contribution in [3.8, 4) is 0 Å². The maximum atomic E-state index is 11.4. The summed E-state index contributed by atoms with van der Waals surface area (Å²) >= 11 is 0. The molecule has 0 radical (unpaired) electrons. The second-order valence-corrected chi connectivity index (χ2v) is 3.74. The summed E-state index contributed by atoms with van der Waals surface area (Å²) in [6.45, 7) is 0.0947. The minimum absolute atomic E-state index is 0.182. The van der Waals surface area contributed by atoms with Gasteiger partial charge in [0, 0.05) is 20.7 Å². The van der Waals surface area contributed by atoms with Crippen LogP contribution >= 0.6 is 0 Å². The molecule has 1 atom stereocenters. The number of nitrogens with zero attached hydrogens (tertiary/aromatic N) is 1. The Balaban J connectivity index is 3.93. The van der Waals surface area contributed by atoms with E-state index >= 15 is 0 Å². The van der Waals surface area contributed by atoms with Crippen molar-refractivity contribution in [2.45, 2.75) is 6.10 Å². The number of nitrogens with one attached hydrogen (secondary N) is 2. The zero-order valence-corrected chi connectivity index (χ0v) is 10.9. The molecule has 0 aliphatic carbocycles. The van der Waals surface area contributed by atoms with Gasteiger partial charge in [-0.25, -0.2) is 9.59 Å². The quantitative estimate of drug-likeness (QED) is 0.374. The number of aliphatic hydroxyl groups is 1. The van der Waals surface area contributed by atoms with Crippen molar-refractivity contribution in [2.75, 3.05) is 40.4 Å². The minimum Gasteiger partial charge on any atom is -0.479 e. The van der Waals surface area contributed by atoms with Crippen molar-refractivity contribution in [3.63, 3.8) is 0 Å². The Labute approximate surface area is 110 Å². The highest BCUT2D eigenvalue weighted by molar-refractivity contribution is 5.84. The molecule has 0 aromatic heterocycles. The van der Waals surface area contributed by atoms with E-state index in [1.165, 1.54) is 14.2 Å². The van der Waals surface area contributed by atoms with Crippen molar-refractivity contribution >= 4 is 17.9 Å². The number of likely N-dealkylation sites (N-methyl/N-ethyl adjacent to an activating group) is 1. The molecule has 0 spiro atoms. The number of carboxylic acid groups (broad SMARTS) is 1. The summed E-state index contributed by atoms with van der Waals surface area (Å²) in [6, 6.07) is -0.651. The molecule has 0 rings (SSSR count). The molecular formula is C10H19N3O6. The number of carbonyl (C=O) groups excluding carboxylic acids is 2. The first-order chi connectivity index (χ1) is 8.88. The first-order valence-corrected chi connectivity index (χ1v) is 5.54. The van der Waals surface area contributed by atoms with Crippen LogP contribution in [0.3, 0.4) is 0 Å². The molecule has 0 aliphatic heterocycles. The summed E-state index contributed by atoms with van der Waals surface area (Å²) < 4.78 is 4.74. The normalized spacial score (nSPS) is 11.5. The molecule has 0 bridgehead atoms. The molecule has 4 N–H and O–H groups in total. The number of aliphatic hydroxyl groups excluding tert-OH is 1. The van der Waals surface area contributed by atoms with Crippen molar-refractivity contribution in [1.29, 1.82) is 0 Å². The molecule has 0 aromatic rings. The first kappa shape index (κ1) is 17.1. The van der Waals surface area contributed by atoms with Gasteiger partial charge in [0.05, 0.1) is 13.2 Å². The van der Waals surface area contributed by atoms with Gasteiger partial charge in [-0.3, -0.25) is 4.79 Å². The Kier molecular flexibility index (Phi) is 8.22. The largest absolute Gasteiger partial charge is 0.479 e. The van der Waals surface area contributed by atoms with Crippen LogP contribution in [0.2, 0.25) is 0 Å². The molecule has 0 aromatic carbocycles. The van der Waals surface area contributed by atoms with E-state index in [2.05, 4.69) is 10.6 Å². The Morgan fingerprint density at radius 3 is 2.47 bits per heavy atom. The maximum Gasteiger partial charge on any atom is 0.334 e. The average molecular weight is 277 g/mol. The summed E-state index contributed by atoms with van der Waals surface area (Å²) in [7, 11) is 2.87. The molecule has 0 saturated carbocycles. The van der Waals surface area contributed by atoms with Gasteiger partial charge in [-0.15, -0.1) is 0 Å². The lowest BCUT2D eigenvalue weighted by Crippen LogP contribution is -2.46. The van der Waals surface area contributed by atoms with Crippen molar-refractivity contribution in [2.24, 2.45) is 0 Å². The molecule has 19 heavy (non-hydrogen) atoms. The van der Waals surface area contributed by atoms with Gasteiger partial charge in [0.1, 0.15) is 6.54 Å². The number of carboxylic acids is 1. The van der Waals surface area contributed by atoms with Crippen LogP contribution in [0.5, 0.6) is 0 Å². The molecule has 0 fully saturated rings. The van der Waals surface area contributed by atoms with Gasteiger partial charge in [0.15, 0.2) is 6.10 Å². The third kappa shape index (κ3) is 7.95. The molecule has 3 amide bonds. The zero-order chi connectivity index (χ0) is 14.8. The van der Waals surface area contributed by atoms with E-state index in [0.29, 0.717) is 13.2 Å². The predicted octanol–water partition coefficient (Wildman–Crippen LogP) is -2.16. The van der Waals surface area contributed by atoms with E-state index in [0.717, 1.165) is 4.90 Å². The van der Waals surface area contributed by atoms with Gasteiger partial charge < -0.3 is 30.5 Å². The zero-order valence-electron chi connectivity index (χ0n) is 10.9. The highest BCUT2D eigenvalue weighted by Gasteiger charge is 2.17. The Hall–Kier alpha value is -1.87. The van der Waals surface area contributed by atoms with Crippen LogP contribution in [0.1, 0.15) is 0 Å². The second-order valence-electron chi connectivity index (χ2n) is 3.74. The number of urea groups is 1. The van der Waals surface area contributed by atoms with Gasteiger partial charge >= 0.3 is 12.0 Å². The van der Waals surface area contributed by atoms with Crippen LogP contribution in [-0.4, -0.2) is 79.5 Å². The molecule has 1 unspecified atom stereocenters. The summed E-state index contributed by atoms with van der Waals surface area (Å²) in [5.74, 6) is -1.80. The van der Waals surface area contributed by atoms with Gasteiger partial charge in [-0.05, 0) is 0 Å². The van der Waals surface area contributed by atoms with E-state index in [-0.39, 0.29) is 12.5 Å². The number of amides is 3. The fraction of sp³-hybridized carbons (Fsp3) is 0.700. The standard InChI is InChI=1S/C10H19N3O6/c1-13(6-8(15)11-3-4-19-2)10(18)12-5-7(14)9(16)17/h7,14H,3-6H2,1-2H3,(H,11,15)(H,12,18)(H,16,17). The second kappa shape index (κ2) is 9.11. The fourth-order valence-electron chi connectivity index (χ4n) is 1.04. The van der Waals surface area contributed by atoms with Crippen molar-refractivity contribution < 1.29 is 29.3 Å². The number of ether oxygens (including phenoxy) is 1. The number of methoxy groups -OCH3 is 1. The maximum absolute atomic E-state index is 11.4. The lowest BCUT2D eigenvalue weighted by atomic mass is 10.3. The Morgan fingerprint density at radius 1 is 1.32 bits per heavy atom. The fourth-order valence-corrected chi connectivity index (χ4v) is 1.04. The third-order valence-electron chi connectivity index (χ3n) is 2.09. The van der Waals surface area contributed by atoms with Gasteiger partial charge in [0.2, 0.25) is 5.91 Å². The molecule has 110 valence electrons. The summed E-state index contributed by atoms with van der Waals surface area (Å²) in [5.41, 5.74) is 0. The molecule has 9 nitrogen and oxygen atoms in total. The lowest BCUT2D eigenvalue weighted by molar-refractivity contribution is -0.146. The van der Waals surface area contributed by atoms with E-state index in [1.54, 1.807) is 0 Å². The van der Waals surface area contributed by atoms with Crippen LogP contribution in [0.4, 0.5) is 4.79 Å². The number of carbonyl (C=O) groups is 3. The average Bonchev–Trinajstić information content (AvgIpc) is 2.35. The Morgan fingerprint density at radius 2 is 1.95 bits per heavy atom. The van der Waals surface area contributed by atoms with E-state index in [9.17, 15) is 14.4 Å². The number of hydrogen-bond donors (Lipinski definition) is 4. The van der Waals surface area contributed by atoms with E-state index < -0.39 is 24.6 Å². The topological polar surface area (TPSA) is 128 Å². The van der Waals surface area contributed by atoms with Crippen molar-refractivity contribution in [3.05, 3.63) is 0 Å². The SMILES string of the molecule is COCCNC(=O)CN(C)C(=O)NCC(O)C(=O)O. The van der Waals surface area contributed by atoms with Crippen LogP contribution in [0.15, 0.2) is 0 Å². The van der Waals surface area contributed by atoms with Crippen LogP contribution in [-0.2, 0) is 14.3 Å². The summed E-state index contributed by atoms with van der Waals surface area (Å²) in [5, 5.41) is 22.1. The van der Waals surface area contributed by atoms with E-state index in [4.69, 9.17) is 14.9 Å². The smallest absolute Gasteiger partial charge is 0.334 e. The third-order valence-corrected chi connectivity index (χ3v) is 2.09. The van der Waals surface area contributed by atoms with Crippen LogP contribution < -0.4 is 10.6 Å².